The zero-order valence-corrected chi connectivity index (χ0v) is 43.8. The summed E-state index contributed by atoms with van der Waals surface area (Å²) in [6.45, 7) is 18.5. The molecule has 1 fully saturated rings. The second kappa shape index (κ2) is 48.3. The summed E-state index contributed by atoms with van der Waals surface area (Å²) in [4.78, 5) is 31.2. The average Bonchev–Trinajstić information content (AvgIpc) is 3.30. The summed E-state index contributed by atoms with van der Waals surface area (Å²) in [5.74, 6) is 0.0904. The molecule has 0 aromatic rings. The minimum atomic E-state index is 0.0452. The van der Waals surface area contributed by atoms with Crippen molar-refractivity contribution >= 4 is 11.9 Å². The fourth-order valence-corrected chi connectivity index (χ4v) is 9.68. The quantitative estimate of drug-likeness (QED) is 0.0482. The Morgan fingerprint density at radius 3 is 1.06 bits per heavy atom. The molecular weight excluding hydrogens is 791 g/mol. The highest BCUT2D eigenvalue weighted by atomic mass is 16.5. The van der Waals surface area contributed by atoms with Gasteiger partial charge in [0.25, 0.3) is 0 Å². The largest absolute Gasteiger partial charge is 0.462 e. The van der Waals surface area contributed by atoms with Crippen molar-refractivity contribution in [2.75, 3.05) is 52.4 Å². The molecule has 7 nitrogen and oxygen atoms in total. The van der Waals surface area contributed by atoms with E-state index in [2.05, 4.69) is 42.8 Å². The number of rotatable bonds is 50. The van der Waals surface area contributed by atoms with Gasteiger partial charge < -0.3 is 24.6 Å². The fraction of sp³-hybridized carbons (Fsp3) is 0.965. The molecule has 0 bridgehead atoms. The highest BCUT2D eigenvalue weighted by molar-refractivity contribution is 5.69. The van der Waals surface area contributed by atoms with Crippen LogP contribution in [0.25, 0.3) is 0 Å². The van der Waals surface area contributed by atoms with E-state index in [4.69, 9.17) is 9.47 Å². The molecule has 1 saturated heterocycles. The minimum absolute atomic E-state index is 0.0452. The molecule has 0 aromatic heterocycles. The predicted molar refractivity (Wildman–Crippen MR) is 278 cm³/mol. The van der Waals surface area contributed by atoms with Crippen LogP contribution < -0.4 is 5.32 Å². The Bertz CT molecular complexity index is 878. The number of ether oxygens (including phenoxy) is 2. The Hall–Kier alpha value is -1.18. The van der Waals surface area contributed by atoms with Gasteiger partial charge in [0.1, 0.15) is 12.2 Å². The molecule has 64 heavy (non-hydrogen) atoms. The molecule has 0 amide bonds. The van der Waals surface area contributed by atoms with Crippen LogP contribution in [0.1, 0.15) is 291 Å². The number of nitrogens with zero attached hydrogens (tertiary/aromatic N) is 2. The summed E-state index contributed by atoms with van der Waals surface area (Å²) in [5.41, 5.74) is 0. The highest BCUT2D eigenvalue weighted by Gasteiger charge is 2.16. The zero-order chi connectivity index (χ0) is 46.2. The number of nitrogens with one attached hydrogen (secondary N) is 1. The van der Waals surface area contributed by atoms with Crippen LogP contribution in [0.4, 0.5) is 0 Å². The molecule has 1 rings (SSSR count). The Balaban J connectivity index is 2.38. The third kappa shape index (κ3) is 41.0. The maximum atomic E-state index is 12.9. The molecule has 0 unspecified atom stereocenters. The summed E-state index contributed by atoms with van der Waals surface area (Å²) in [7, 11) is 0. The number of carbonyl (C=O) groups is 2. The Morgan fingerprint density at radius 2 is 0.703 bits per heavy atom. The fourth-order valence-electron chi connectivity index (χ4n) is 9.68. The average molecular weight is 905 g/mol. The van der Waals surface area contributed by atoms with E-state index in [1.807, 2.05) is 0 Å². The lowest BCUT2D eigenvalue weighted by molar-refractivity contribution is -0.151. The smallest absolute Gasteiger partial charge is 0.306 e. The van der Waals surface area contributed by atoms with Crippen molar-refractivity contribution in [3.05, 3.63) is 0 Å². The van der Waals surface area contributed by atoms with E-state index in [9.17, 15) is 9.59 Å². The van der Waals surface area contributed by atoms with Crippen LogP contribution >= 0.6 is 0 Å². The first-order valence-electron chi connectivity index (χ1n) is 29.1. The van der Waals surface area contributed by atoms with Crippen LogP contribution in [-0.4, -0.2) is 86.3 Å². The monoisotopic (exact) mass is 904 g/mol. The standard InChI is InChI=1S/C57H113N3O4/c1-5-9-13-17-23-31-40-54(41-32-24-18-14-10-6-2)63-56(61)44-35-27-21-29-37-48-59(50-39-51-60-52-46-58-47-53-60)49-38-30-22-28-36-45-57(62)64-55(42-33-25-19-15-11-7-3)43-34-26-20-16-12-8-4/h54-55,58H,5-53H2,1-4H3. The van der Waals surface area contributed by atoms with E-state index in [0.717, 1.165) is 64.5 Å². The molecule has 1 heterocycles. The van der Waals surface area contributed by atoms with Gasteiger partial charge in [-0.3, -0.25) is 9.59 Å². The Labute approximate surface area is 400 Å². The Morgan fingerprint density at radius 1 is 0.406 bits per heavy atom. The van der Waals surface area contributed by atoms with E-state index >= 15 is 0 Å². The molecule has 0 saturated carbocycles. The lowest BCUT2D eigenvalue weighted by atomic mass is 10.0. The lowest BCUT2D eigenvalue weighted by Gasteiger charge is -2.29. The molecule has 1 aliphatic heterocycles. The molecule has 380 valence electrons. The van der Waals surface area contributed by atoms with Gasteiger partial charge in [-0.25, -0.2) is 0 Å². The Kier molecular flexibility index (Phi) is 45.9. The maximum absolute atomic E-state index is 12.9. The summed E-state index contributed by atoms with van der Waals surface area (Å²) in [5, 5.41) is 3.49. The van der Waals surface area contributed by atoms with Crippen LogP contribution in [0.5, 0.6) is 0 Å². The molecule has 0 spiro atoms. The maximum Gasteiger partial charge on any atom is 0.306 e. The van der Waals surface area contributed by atoms with Crippen molar-refractivity contribution < 1.29 is 19.1 Å². The van der Waals surface area contributed by atoms with Crippen molar-refractivity contribution in [2.45, 2.75) is 303 Å². The second-order valence-electron chi connectivity index (χ2n) is 20.3. The van der Waals surface area contributed by atoms with Crippen molar-refractivity contribution in [2.24, 2.45) is 0 Å². The second-order valence-corrected chi connectivity index (χ2v) is 20.3. The third-order valence-corrected chi connectivity index (χ3v) is 14.0. The first kappa shape index (κ1) is 60.8. The number of carbonyl (C=O) groups excluding carboxylic acids is 2. The van der Waals surface area contributed by atoms with Crippen LogP contribution in [-0.2, 0) is 19.1 Å². The van der Waals surface area contributed by atoms with Crippen molar-refractivity contribution in [1.29, 1.82) is 0 Å². The van der Waals surface area contributed by atoms with Gasteiger partial charge in [-0.2, -0.15) is 0 Å². The molecule has 0 aliphatic carbocycles. The SMILES string of the molecule is CCCCCCCCC(CCCCCCCC)OC(=O)CCCCCCCN(CCCCCCCC(=O)OC(CCCCCCCC)CCCCCCCC)CCCN1CCNCC1. The van der Waals surface area contributed by atoms with Gasteiger partial charge in [0.15, 0.2) is 0 Å². The summed E-state index contributed by atoms with van der Waals surface area (Å²) >= 11 is 0. The van der Waals surface area contributed by atoms with Crippen molar-refractivity contribution in [1.82, 2.24) is 15.1 Å². The first-order chi connectivity index (χ1) is 31.5. The number of hydrogen-bond acceptors (Lipinski definition) is 7. The molecule has 0 aromatic carbocycles. The third-order valence-electron chi connectivity index (χ3n) is 14.0. The molecular formula is C57H113N3O4. The van der Waals surface area contributed by atoms with Crippen molar-refractivity contribution in [3.63, 3.8) is 0 Å². The van der Waals surface area contributed by atoms with Crippen LogP contribution in [0.2, 0.25) is 0 Å². The molecule has 0 atom stereocenters. The summed E-state index contributed by atoms with van der Waals surface area (Å²) < 4.78 is 12.2. The number of esters is 2. The topological polar surface area (TPSA) is 71.1 Å². The number of hydrogen-bond donors (Lipinski definition) is 1. The van der Waals surface area contributed by atoms with Gasteiger partial charge in [-0.1, -0.05) is 195 Å². The molecule has 1 aliphatic rings. The van der Waals surface area contributed by atoms with Crippen LogP contribution in [0, 0.1) is 0 Å². The normalized spacial score (nSPS) is 13.5. The van der Waals surface area contributed by atoms with Crippen LogP contribution in [0.15, 0.2) is 0 Å². The van der Waals surface area contributed by atoms with E-state index in [1.165, 1.54) is 238 Å². The lowest BCUT2D eigenvalue weighted by Crippen LogP contribution is -2.44. The summed E-state index contributed by atoms with van der Waals surface area (Å²) in [6, 6.07) is 0. The van der Waals surface area contributed by atoms with E-state index in [-0.39, 0.29) is 24.1 Å². The minimum Gasteiger partial charge on any atom is -0.462 e. The van der Waals surface area contributed by atoms with E-state index in [0.29, 0.717) is 12.8 Å². The molecule has 1 N–H and O–H groups in total. The van der Waals surface area contributed by atoms with Gasteiger partial charge in [0, 0.05) is 39.0 Å². The van der Waals surface area contributed by atoms with Crippen molar-refractivity contribution in [3.8, 4) is 0 Å². The van der Waals surface area contributed by atoms with Gasteiger partial charge >= 0.3 is 11.9 Å². The van der Waals surface area contributed by atoms with Gasteiger partial charge in [0.05, 0.1) is 0 Å². The highest BCUT2D eigenvalue weighted by Crippen LogP contribution is 2.20. The van der Waals surface area contributed by atoms with E-state index < -0.39 is 0 Å². The molecule has 0 radical (unpaired) electrons. The summed E-state index contributed by atoms with van der Waals surface area (Å²) in [6.07, 6.45) is 49.5. The van der Waals surface area contributed by atoms with Gasteiger partial charge in [-0.05, 0) is 110 Å². The first-order valence-corrected chi connectivity index (χ1v) is 29.1. The van der Waals surface area contributed by atoms with Crippen LogP contribution in [0.3, 0.4) is 0 Å². The number of unbranched alkanes of at least 4 members (excludes halogenated alkanes) is 28. The molecule has 7 heteroatoms. The zero-order valence-electron chi connectivity index (χ0n) is 43.8. The van der Waals surface area contributed by atoms with Gasteiger partial charge in [-0.15, -0.1) is 0 Å². The number of piperazine rings is 1. The van der Waals surface area contributed by atoms with E-state index in [1.54, 1.807) is 0 Å². The van der Waals surface area contributed by atoms with Gasteiger partial charge in [0.2, 0.25) is 0 Å². The predicted octanol–water partition coefficient (Wildman–Crippen LogP) is 16.1.